The van der Waals surface area contributed by atoms with Crippen molar-refractivity contribution >= 4 is 18.3 Å². The van der Waals surface area contributed by atoms with Crippen LogP contribution in [0.4, 0.5) is 5.69 Å². The zero-order valence-corrected chi connectivity index (χ0v) is 9.46. The molecule has 0 heterocycles. The van der Waals surface area contributed by atoms with Gasteiger partial charge in [0.05, 0.1) is 6.10 Å². The lowest BCUT2D eigenvalue weighted by molar-refractivity contribution is 0.0176. The number of rotatable bonds is 5. The maximum atomic E-state index is 9.86. The summed E-state index contributed by atoms with van der Waals surface area (Å²) in [5, 5.41) is 23.0. The Kier molecular flexibility index (Phi) is 5.14. The second-order valence-corrected chi connectivity index (χ2v) is 3.72. The Hall–Kier alpha value is -1.20. The zero-order valence-electron chi connectivity index (χ0n) is 8.56. The van der Waals surface area contributed by atoms with Gasteiger partial charge in [0, 0.05) is 10.6 Å². The normalized spacial score (nSPS) is 13.9. The van der Waals surface area contributed by atoms with E-state index in [-0.39, 0.29) is 0 Å². The summed E-state index contributed by atoms with van der Waals surface area (Å²) in [5.41, 5.74) is 9.12. The number of thiol groups is 1. The number of nitrogens with zero attached hydrogens (tertiary/aromatic N) is 3. The molecule has 0 saturated heterocycles. The van der Waals surface area contributed by atoms with Gasteiger partial charge in [-0.15, -0.1) is 0 Å². The minimum atomic E-state index is -1.06. The summed E-state index contributed by atoms with van der Waals surface area (Å²) in [4.78, 5) is 2.67. The summed E-state index contributed by atoms with van der Waals surface area (Å²) in [6, 6.07) is 6.62. The molecule has 86 valence electrons. The Morgan fingerprint density at radius 2 is 2.06 bits per heavy atom. The Morgan fingerprint density at radius 1 is 1.38 bits per heavy atom. The number of hydrogen-bond donors (Lipinski definition) is 3. The van der Waals surface area contributed by atoms with Crippen LogP contribution in [0.2, 0.25) is 0 Å². The van der Waals surface area contributed by atoms with Crippen molar-refractivity contribution in [2.45, 2.75) is 18.6 Å². The van der Waals surface area contributed by atoms with Crippen molar-refractivity contribution in [2.24, 2.45) is 5.11 Å². The standard InChI is InChI=1S/C10H13N3O2S/c11-13-12-8-4-2-1-3-7(8)10(15)9(14)5-6-16/h1-4,9-10,14-16H,5-6H2. The molecule has 0 fully saturated rings. The largest absolute Gasteiger partial charge is 0.390 e. The van der Waals surface area contributed by atoms with E-state index < -0.39 is 12.2 Å². The molecule has 16 heavy (non-hydrogen) atoms. The van der Waals surface area contributed by atoms with Crippen molar-refractivity contribution in [3.8, 4) is 0 Å². The molecule has 1 rings (SSSR count). The molecule has 2 atom stereocenters. The summed E-state index contributed by atoms with van der Waals surface area (Å²) in [6.07, 6.45) is -1.60. The van der Waals surface area contributed by atoms with E-state index >= 15 is 0 Å². The first kappa shape index (κ1) is 12.9. The van der Waals surface area contributed by atoms with Crippen LogP contribution in [0.15, 0.2) is 29.4 Å². The summed E-state index contributed by atoms with van der Waals surface area (Å²) >= 11 is 3.98. The Labute approximate surface area is 98.8 Å². The number of hydrogen-bond acceptors (Lipinski definition) is 4. The highest BCUT2D eigenvalue weighted by atomic mass is 32.1. The van der Waals surface area contributed by atoms with Crippen molar-refractivity contribution in [2.75, 3.05) is 5.75 Å². The smallest absolute Gasteiger partial charge is 0.105 e. The van der Waals surface area contributed by atoms with Gasteiger partial charge >= 0.3 is 0 Å². The van der Waals surface area contributed by atoms with E-state index in [9.17, 15) is 10.2 Å². The quantitative estimate of drug-likeness (QED) is 0.318. The molecule has 0 aromatic heterocycles. The fourth-order valence-corrected chi connectivity index (χ4v) is 1.64. The molecule has 6 heteroatoms. The van der Waals surface area contributed by atoms with Crippen LogP contribution in [0.5, 0.6) is 0 Å². The van der Waals surface area contributed by atoms with Gasteiger partial charge in [-0.2, -0.15) is 12.6 Å². The van der Waals surface area contributed by atoms with Crippen LogP contribution in [0.3, 0.4) is 0 Å². The molecule has 1 aromatic rings. The average molecular weight is 239 g/mol. The van der Waals surface area contributed by atoms with E-state index in [1.54, 1.807) is 24.3 Å². The van der Waals surface area contributed by atoms with Crippen LogP contribution < -0.4 is 0 Å². The van der Waals surface area contributed by atoms with Crippen molar-refractivity contribution in [3.05, 3.63) is 40.3 Å². The fourth-order valence-electron chi connectivity index (χ4n) is 1.37. The van der Waals surface area contributed by atoms with Gasteiger partial charge in [-0.1, -0.05) is 29.4 Å². The Morgan fingerprint density at radius 3 is 2.69 bits per heavy atom. The van der Waals surface area contributed by atoms with E-state index in [4.69, 9.17) is 5.53 Å². The van der Waals surface area contributed by atoms with Crippen LogP contribution in [0, 0.1) is 0 Å². The summed E-state index contributed by atoms with van der Waals surface area (Å²) in [6.45, 7) is 0. The van der Waals surface area contributed by atoms with Gasteiger partial charge in [0.15, 0.2) is 0 Å². The number of aliphatic hydroxyl groups excluding tert-OH is 2. The first-order valence-corrected chi connectivity index (χ1v) is 5.45. The lowest BCUT2D eigenvalue weighted by Crippen LogP contribution is -2.18. The zero-order chi connectivity index (χ0) is 12.0. The van der Waals surface area contributed by atoms with Crippen molar-refractivity contribution in [1.29, 1.82) is 0 Å². The summed E-state index contributed by atoms with van der Waals surface area (Å²) < 4.78 is 0. The van der Waals surface area contributed by atoms with Gasteiger partial charge in [0.25, 0.3) is 0 Å². The predicted molar refractivity (Wildman–Crippen MR) is 64.7 cm³/mol. The molecular formula is C10H13N3O2S. The minimum Gasteiger partial charge on any atom is -0.390 e. The van der Waals surface area contributed by atoms with Crippen LogP contribution in [-0.4, -0.2) is 22.1 Å². The van der Waals surface area contributed by atoms with Crippen LogP contribution in [0.25, 0.3) is 10.4 Å². The maximum absolute atomic E-state index is 9.86. The molecule has 2 unspecified atom stereocenters. The third kappa shape index (κ3) is 3.15. The minimum absolute atomic E-state index is 0.329. The third-order valence-electron chi connectivity index (χ3n) is 2.20. The van der Waals surface area contributed by atoms with Gasteiger partial charge < -0.3 is 10.2 Å². The molecular weight excluding hydrogens is 226 g/mol. The highest BCUT2D eigenvalue weighted by molar-refractivity contribution is 7.80. The van der Waals surface area contributed by atoms with Gasteiger partial charge in [0.1, 0.15) is 6.10 Å². The number of aliphatic hydroxyl groups is 2. The molecule has 0 saturated carbocycles. The van der Waals surface area contributed by atoms with Crippen molar-refractivity contribution in [1.82, 2.24) is 0 Å². The SMILES string of the molecule is [N-]=[N+]=Nc1ccccc1C(O)C(O)CCS. The predicted octanol–water partition coefficient (Wildman–Crippen LogP) is 2.34. The fraction of sp³-hybridized carbons (Fsp3) is 0.400. The van der Waals surface area contributed by atoms with E-state index in [0.717, 1.165) is 0 Å². The second-order valence-electron chi connectivity index (χ2n) is 3.27. The van der Waals surface area contributed by atoms with Crippen molar-refractivity contribution < 1.29 is 10.2 Å². The first-order chi connectivity index (χ1) is 7.70. The van der Waals surface area contributed by atoms with E-state index in [1.165, 1.54) is 0 Å². The van der Waals surface area contributed by atoms with Gasteiger partial charge in [0.2, 0.25) is 0 Å². The van der Waals surface area contributed by atoms with Gasteiger partial charge in [-0.3, -0.25) is 0 Å². The maximum Gasteiger partial charge on any atom is 0.105 e. The Balaban J connectivity index is 2.97. The Bertz CT molecular complexity index is 393. The second kappa shape index (κ2) is 6.40. The molecule has 0 aliphatic carbocycles. The molecule has 0 amide bonds. The molecule has 0 aliphatic rings. The highest BCUT2D eigenvalue weighted by Crippen LogP contribution is 2.28. The van der Waals surface area contributed by atoms with Gasteiger partial charge in [-0.05, 0) is 23.3 Å². The molecule has 5 nitrogen and oxygen atoms in total. The van der Waals surface area contributed by atoms with E-state index in [1.807, 2.05) is 0 Å². The monoisotopic (exact) mass is 239 g/mol. The third-order valence-corrected chi connectivity index (χ3v) is 2.46. The molecule has 0 radical (unpaired) electrons. The number of azide groups is 1. The summed E-state index contributed by atoms with van der Waals surface area (Å²) in [5.74, 6) is 0.474. The lowest BCUT2D eigenvalue weighted by Gasteiger charge is -2.18. The van der Waals surface area contributed by atoms with Gasteiger partial charge in [-0.25, -0.2) is 0 Å². The topological polar surface area (TPSA) is 89.2 Å². The highest BCUT2D eigenvalue weighted by Gasteiger charge is 2.19. The molecule has 1 aromatic carbocycles. The molecule has 0 aliphatic heterocycles. The summed E-state index contributed by atoms with van der Waals surface area (Å²) in [7, 11) is 0. The van der Waals surface area contributed by atoms with E-state index in [2.05, 4.69) is 22.7 Å². The molecule has 2 N–H and O–H groups in total. The van der Waals surface area contributed by atoms with Crippen molar-refractivity contribution in [3.63, 3.8) is 0 Å². The van der Waals surface area contributed by atoms with E-state index in [0.29, 0.717) is 23.4 Å². The number of benzene rings is 1. The van der Waals surface area contributed by atoms with Crippen LogP contribution >= 0.6 is 12.6 Å². The van der Waals surface area contributed by atoms with Crippen LogP contribution in [0.1, 0.15) is 18.1 Å². The molecule has 0 spiro atoms. The first-order valence-electron chi connectivity index (χ1n) is 4.81. The average Bonchev–Trinajstić information content (AvgIpc) is 2.29. The lowest BCUT2D eigenvalue weighted by atomic mass is 10.0. The van der Waals surface area contributed by atoms with Crippen LogP contribution in [-0.2, 0) is 0 Å². The molecule has 0 bridgehead atoms.